The molecule has 0 N–H and O–H groups in total. The molecule has 2 aromatic heterocycles. The van der Waals surface area contributed by atoms with Gasteiger partial charge >= 0.3 is 0 Å². The molecule has 6 aromatic carbocycles. The predicted molar refractivity (Wildman–Crippen MR) is 273 cm³/mol. The maximum Gasteiger partial charge on any atom is 0.135 e. The molecule has 1 aliphatic heterocycles. The van der Waals surface area contributed by atoms with Gasteiger partial charge in [0.05, 0.1) is 0 Å². The van der Waals surface area contributed by atoms with Crippen LogP contribution in [-0.4, -0.2) is 9.55 Å². The van der Waals surface area contributed by atoms with Crippen LogP contribution in [0.5, 0.6) is 11.5 Å². The molecular weight excluding hydrogens is 988 g/mol. The van der Waals surface area contributed by atoms with Crippen LogP contribution in [0.2, 0.25) is 0 Å². The molecule has 3 heterocycles. The number of anilines is 2. The Hall–Kier alpha value is -5.90. The van der Waals surface area contributed by atoms with Crippen LogP contribution in [0.25, 0.3) is 44.4 Å². The molecule has 0 amide bonds. The van der Waals surface area contributed by atoms with Gasteiger partial charge in [-0.25, -0.2) is 4.98 Å². The number of rotatable bonds is 7. The van der Waals surface area contributed by atoms with Crippen molar-refractivity contribution >= 4 is 38.9 Å². The van der Waals surface area contributed by atoms with E-state index >= 15 is 0 Å². The molecule has 0 unspecified atom stereocenters. The van der Waals surface area contributed by atoms with Crippen molar-refractivity contribution in [3.63, 3.8) is 0 Å². The van der Waals surface area contributed by atoms with E-state index in [4.69, 9.17) is 9.72 Å². The fraction of sp³-hybridized carbons (Fsp3) is 0.267. The number of ether oxygens (including phenoxy) is 1. The molecule has 0 spiro atoms. The molecule has 1 aliphatic rings. The number of benzene rings is 6. The molecule has 66 heavy (non-hydrogen) atoms. The van der Waals surface area contributed by atoms with Crippen LogP contribution in [0.4, 0.5) is 11.4 Å². The van der Waals surface area contributed by atoms with Crippen LogP contribution in [0.1, 0.15) is 111 Å². The second-order valence-corrected chi connectivity index (χ2v) is 21.7. The molecule has 0 atom stereocenters. The molecule has 5 nitrogen and oxygen atoms in total. The molecule has 0 saturated heterocycles. The van der Waals surface area contributed by atoms with Crippen LogP contribution in [0, 0.1) is 18.8 Å². The maximum absolute atomic E-state index is 6.92. The summed E-state index contributed by atoms with van der Waals surface area (Å²) in [5.74, 6) is 2.07. The van der Waals surface area contributed by atoms with E-state index in [1.165, 1.54) is 22.3 Å². The smallest absolute Gasteiger partial charge is 0.135 e. The number of fused-ring (bicyclic) bond motifs is 3. The van der Waals surface area contributed by atoms with Gasteiger partial charge in [-0.3, -0.25) is 0 Å². The minimum atomic E-state index is -0.180. The summed E-state index contributed by atoms with van der Waals surface area (Å²) in [5, 5.41) is 2.21. The molecule has 0 radical (unpaired) electrons. The SMILES string of the molecule is CC(C)(C)c1cc(Oc2[c-]c3c(cc2)c2cc(-c4ccccc4)ccc2n3-c2cc(C(C)(C)C)ccn2)[c-]c(N2[CH-]N(c3cc(C(C)(C)C)cc(C(C)(C)C)c3)C=C2c2ccccc2)c1.[Pt]. The summed E-state index contributed by atoms with van der Waals surface area (Å²) < 4.78 is 9.15. The van der Waals surface area contributed by atoms with Crippen molar-refractivity contribution in [2.75, 3.05) is 9.80 Å². The number of hydrogen-bond donors (Lipinski definition) is 0. The van der Waals surface area contributed by atoms with E-state index in [2.05, 4.69) is 250 Å². The Kier molecular flexibility index (Phi) is 12.3. The van der Waals surface area contributed by atoms with Gasteiger partial charge in [-0.1, -0.05) is 167 Å². The Morgan fingerprint density at radius 3 is 1.74 bits per heavy atom. The Labute approximate surface area is 407 Å². The van der Waals surface area contributed by atoms with Crippen molar-refractivity contribution in [2.45, 2.75) is 105 Å². The van der Waals surface area contributed by atoms with E-state index in [-0.39, 0.29) is 42.7 Å². The third kappa shape index (κ3) is 9.38. The van der Waals surface area contributed by atoms with Crippen LogP contribution < -0.4 is 14.5 Å². The van der Waals surface area contributed by atoms with E-state index in [0.29, 0.717) is 11.5 Å². The first-order chi connectivity index (χ1) is 30.7. The van der Waals surface area contributed by atoms with Gasteiger partial charge in [0.1, 0.15) is 5.82 Å². The van der Waals surface area contributed by atoms with Gasteiger partial charge in [0, 0.05) is 55.7 Å². The second kappa shape index (κ2) is 17.4. The largest absolute Gasteiger partial charge is 0.509 e. The molecule has 0 saturated carbocycles. The van der Waals surface area contributed by atoms with Crippen molar-refractivity contribution in [3.8, 4) is 28.4 Å². The second-order valence-electron chi connectivity index (χ2n) is 21.7. The first-order valence-corrected chi connectivity index (χ1v) is 22.9. The monoisotopic (exact) mass is 1050 g/mol. The van der Waals surface area contributed by atoms with Crippen molar-refractivity contribution in [2.24, 2.45) is 0 Å². The first-order valence-electron chi connectivity index (χ1n) is 22.9. The summed E-state index contributed by atoms with van der Waals surface area (Å²) in [6, 6.07) is 55.2. The summed E-state index contributed by atoms with van der Waals surface area (Å²) in [7, 11) is 0. The molecule has 8 aromatic rings. The molecule has 6 heteroatoms. The zero-order valence-corrected chi connectivity index (χ0v) is 42.7. The number of aromatic nitrogens is 2. The van der Waals surface area contributed by atoms with Gasteiger partial charge in [-0.05, 0) is 97.0 Å². The van der Waals surface area contributed by atoms with Crippen molar-refractivity contribution in [1.29, 1.82) is 0 Å². The van der Waals surface area contributed by atoms with E-state index < -0.39 is 0 Å². The average Bonchev–Trinajstić information content (AvgIpc) is 3.86. The molecule has 0 aliphatic carbocycles. The normalized spacial score (nSPS) is 13.6. The van der Waals surface area contributed by atoms with E-state index in [1.54, 1.807) is 0 Å². The number of pyridine rings is 1. The van der Waals surface area contributed by atoms with Crippen molar-refractivity contribution < 1.29 is 25.8 Å². The van der Waals surface area contributed by atoms with E-state index in [1.807, 2.05) is 12.3 Å². The van der Waals surface area contributed by atoms with Gasteiger partial charge in [0.15, 0.2) is 0 Å². The van der Waals surface area contributed by atoms with Gasteiger partial charge < -0.3 is 19.1 Å². The third-order valence-electron chi connectivity index (χ3n) is 12.6. The fourth-order valence-electron chi connectivity index (χ4n) is 8.50. The van der Waals surface area contributed by atoms with Gasteiger partial charge in [-0.2, -0.15) is 6.07 Å². The summed E-state index contributed by atoms with van der Waals surface area (Å²) in [6.45, 7) is 29.4. The minimum absolute atomic E-state index is 0. The summed E-state index contributed by atoms with van der Waals surface area (Å²) >= 11 is 0. The Bertz CT molecular complexity index is 3050. The topological polar surface area (TPSA) is 33.5 Å². The van der Waals surface area contributed by atoms with E-state index in [9.17, 15) is 0 Å². The summed E-state index contributed by atoms with van der Waals surface area (Å²) in [5.41, 5.74) is 13.2. The first kappa shape index (κ1) is 46.6. The zero-order chi connectivity index (χ0) is 46.1. The van der Waals surface area contributed by atoms with E-state index in [0.717, 1.165) is 61.4 Å². The van der Waals surface area contributed by atoms with Gasteiger partial charge in [0.25, 0.3) is 0 Å². The fourth-order valence-corrected chi connectivity index (χ4v) is 8.50. The summed E-state index contributed by atoms with van der Waals surface area (Å²) in [4.78, 5) is 9.47. The molecule has 0 bridgehead atoms. The van der Waals surface area contributed by atoms with Crippen LogP contribution >= 0.6 is 0 Å². The van der Waals surface area contributed by atoms with Gasteiger partial charge in [0.2, 0.25) is 0 Å². The molecular formula is C60H61N4OPt-3. The van der Waals surface area contributed by atoms with Crippen molar-refractivity contribution in [1.82, 2.24) is 9.55 Å². The quantitative estimate of drug-likeness (QED) is 0.149. The average molecular weight is 1050 g/mol. The predicted octanol–water partition coefficient (Wildman–Crippen LogP) is 15.9. The number of hydrogen-bond acceptors (Lipinski definition) is 4. The van der Waals surface area contributed by atoms with Crippen LogP contribution in [-0.2, 0) is 42.7 Å². The third-order valence-corrected chi connectivity index (χ3v) is 12.6. The molecule has 9 rings (SSSR count). The van der Waals surface area contributed by atoms with Crippen LogP contribution in [0.15, 0.2) is 146 Å². The van der Waals surface area contributed by atoms with Gasteiger partial charge in [-0.15, -0.1) is 53.6 Å². The Balaban J connectivity index is 0.00000592. The standard InChI is InChI=1S/C60H61N4O.Pt/c1-57(2,3)43-27-28-61-56(35-43)64-53-26-23-42(40-19-15-13-16-20-40)29-52(53)51-25-24-49(37-54(51)64)65-50-34-46(60(10,11)12)33-48(36-50)63-39-62(38-55(63)41-21-17-14-18-22-41)47-31-44(58(4,5)6)30-45(32-47)59(7,8)9;/h13-35,38-39H,1-12H3;/q-3;. The maximum atomic E-state index is 6.92. The molecule has 0 fully saturated rings. The number of nitrogens with zero attached hydrogens (tertiary/aromatic N) is 4. The van der Waals surface area contributed by atoms with Crippen LogP contribution in [0.3, 0.4) is 0 Å². The minimum Gasteiger partial charge on any atom is -0.509 e. The van der Waals surface area contributed by atoms with Crippen molar-refractivity contribution in [3.05, 3.63) is 192 Å². The summed E-state index contributed by atoms with van der Waals surface area (Å²) in [6.07, 6.45) is 4.16. The zero-order valence-electron chi connectivity index (χ0n) is 40.4. The Morgan fingerprint density at radius 1 is 0.515 bits per heavy atom. The Morgan fingerprint density at radius 2 is 1.12 bits per heavy atom. The molecule has 340 valence electrons.